The Hall–Kier alpha value is -0.990. The minimum absolute atomic E-state index is 0. The van der Waals surface area contributed by atoms with E-state index in [9.17, 15) is 0 Å². The zero-order chi connectivity index (χ0) is 13.3. The summed E-state index contributed by atoms with van der Waals surface area (Å²) in [5, 5.41) is 0. The number of nitrogens with one attached hydrogen (secondary N) is 1. The van der Waals surface area contributed by atoms with E-state index in [4.69, 9.17) is 11.6 Å². The minimum atomic E-state index is 0. The maximum Gasteiger partial charge on any atom is 0.137 e. The van der Waals surface area contributed by atoms with E-state index in [1.54, 1.807) is 0 Å². The summed E-state index contributed by atoms with van der Waals surface area (Å²) >= 11 is 5.84. The van der Waals surface area contributed by atoms with Gasteiger partial charge in [-0.2, -0.15) is 0 Å². The summed E-state index contributed by atoms with van der Waals surface area (Å²) < 4.78 is 0. The van der Waals surface area contributed by atoms with E-state index in [1.807, 2.05) is 6.92 Å². The summed E-state index contributed by atoms with van der Waals surface area (Å²) in [4.78, 5) is 7.78. The molecule has 0 saturated carbocycles. The van der Waals surface area contributed by atoms with E-state index in [0.29, 0.717) is 5.88 Å². The lowest BCUT2D eigenvalue weighted by Gasteiger charge is -2.18. The van der Waals surface area contributed by atoms with E-state index in [0.717, 1.165) is 22.8 Å². The van der Waals surface area contributed by atoms with Crippen LogP contribution in [0.1, 0.15) is 37.7 Å². The van der Waals surface area contributed by atoms with Gasteiger partial charge in [-0.15, -0.1) is 24.0 Å². The number of aromatic nitrogens is 2. The molecule has 0 fully saturated rings. The third-order valence-corrected chi connectivity index (χ3v) is 3.39. The molecule has 0 aliphatic heterocycles. The number of benzene rings is 1. The van der Waals surface area contributed by atoms with Gasteiger partial charge >= 0.3 is 0 Å². The molecule has 0 atom stereocenters. The van der Waals surface area contributed by atoms with Gasteiger partial charge in [-0.1, -0.05) is 45.0 Å². The van der Waals surface area contributed by atoms with E-state index >= 15 is 0 Å². The van der Waals surface area contributed by atoms with E-state index in [1.165, 1.54) is 5.56 Å². The van der Waals surface area contributed by atoms with Crippen molar-refractivity contribution < 1.29 is 0 Å². The highest BCUT2D eigenvalue weighted by molar-refractivity contribution is 6.17. The number of nitrogens with zero attached hydrogens (tertiary/aromatic N) is 1. The molecule has 0 aliphatic carbocycles. The van der Waals surface area contributed by atoms with Gasteiger partial charge in [0.1, 0.15) is 5.82 Å². The number of aromatic amines is 1. The van der Waals surface area contributed by atoms with Crippen molar-refractivity contribution in [2.75, 3.05) is 0 Å². The highest BCUT2D eigenvalue weighted by Gasteiger charge is 2.14. The number of hydrogen-bond acceptors (Lipinski definition) is 1. The van der Waals surface area contributed by atoms with Gasteiger partial charge in [0.2, 0.25) is 0 Å². The van der Waals surface area contributed by atoms with Crippen LogP contribution >= 0.6 is 24.0 Å². The Morgan fingerprint density at radius 3 is 2.16 bits per heavy atom. The second-order valence-corrected chi connectivity index (χ2v) is 5.89. The molecule has 104 valence electrons. The second-order valence-electron chi connectivity index (χ2n) is 5.62. The van der Waals surface area contributed by atoms with Gasteiger partial charge in [-0.05, 0) is 17.9 Å². The lowest BCUT2D eigenvalue weighted by molar-refractivity contribution is 0.590. The zero-order valence-corrected chi connectivity index (χ0v) is 13.3. The van der Waals surface area contributed by atoms with Gasteiger partial charge in [0.25, 0.3) is 0 Å². The summed E-state index contributed by atoms with van der Waals surface area (Å²) in [5.41, 5.74) is 4.57. The lowest BCUT2D eigenvalue weighted by Crippen LogP contribution is -2.10. The quantitative estimate of drug-likeness (QED) is 0.789. The molecule has 1 aromatic carbocycles. The number of hydrogen-bond donors (Lipinski definition) is 1. The Labute approximate surface area is 126 Å². The number of rotatable bonds is 2. The largest absolute Gasteiger partial charge is 0.342 e. The van der Waals surface area contributed by atoms with Crippen LogP contribution in [0, 0.1) is 6.92 Å². The highest BCUT2D eigenvalue weighted by atomic mass is 35.5. The fourth-order valence-electron chi connectivity index (χ4n) is 1.89. The van der Waals surface area contributed by atoms with Gasteiger partial charge in [0.15, 0.2) is 0 Å². The van der Waals surface area contributed by atoms with Crippen molar-refractivity contribution >= 4 is 24.0 Å². The van der Waals surface area contributed by atoms with Crippen LogP contribution in [0.3, 0.4) is 0 Å². The molecule has 19 heavy (non-hydrogen) atoms. The Morgan fingerprint density at radius 1 is 1.16 bits per heavy atom. The Morgan fingerprint density at radius 2 is 1.74 bits per heavy atom. The van der Waals surface area contributed by atoms with E-state index in [2.05, 4.69) is 55.0 Å². The lowest BCUT2D eigenvalue weighted by atomic mass is 9.87. The zero-order valence-electron chi connectivity index (χ0n) is 11.7. The summed E-state index contributed by atoms with van der Waals surface area (Å²) in [6.45, 7) is 8.64. The molecule has 1 heterocycles. The molecule has 2 aromatic rings. The van der Waals surface area contributed by atoms with Gasteiger partial charge in [-0.3, -0.25) is 0 Å². The number of alkyl halides is 1. The Balaban J connectivity index is 0.00000180. The predicted octanol–water partition coefficient (Wildman–Crippen LogP) is 4.84. The van der Waals surface area contributed by atoms with Crippen molar-refractivity contribution in [2.45, 2.75) is 39.0 Å². The predicted molar refractivity (Wildman–Crippen MR) is 84.3 cm³/mol. The monoisotopic (exact) mass is 298 g/mol. The van der Waals surface area contributed by atoms with Crippen LogP contribution in [0.2, 0.25) is 0 Å². The van der Waals surface area contributed by atoms with Crippen LogP contribution in [0.4, 0.5) is 0 Å². The molecule has 1 N–H and O–H groups in total. The first-order valence-corrected chi connectivity index (χ1v) is 6.67. The van der Waals surface area contributed by atoms with E-state index < -0.39 is 0 Å². The van der Waals surface area contributed by atoms with Gasteiger partial charge in [0, 0.05) is 11.3 Å². The van der Waals surface area contributed by atoms with Crippen molar-refractivity contribution in [3.63, 3.8) is 0 Å². The van der Waals surface area contributed by atoms with Crippen molar-refractivity contribution in [1.29, 1.82) is 0 Å². The smallest absolute Gasteiger partial charge is 0.137 e. The van der Waals surface area contributed by atoms with Crippen LogP contribution in [-0.2, 0) is 11.3 Å². The molecule has 0 aliphatic rings. The first-order chi connectivity index (χ1) is 8.41. The average molecular weight is 299 g/mol. The van der Waals surface area contributed by atoms with E-state index in [-0.39, 0.29) is 17.8 Å². The third-order valence-electron chi connectivity index (χ3n) is 3.14. The number of imidazole rings is 1. The van der Waals surface area contributed by atoms with Crippen molar-refractivity contribution in [1.82, 2.24) is 9.97 Å². The maximum atomic E-state index is 5.84. The van der Waals surface area contributed by atoms with Crippen LogP contribution in [-0.4, -0.2) is 9.97 Å². The maximum absolute atomic E-state index is 5.84. The number of aryl methyl sites for hydroxylation is 1. The minimum Gasteiger partial charge on any atom is -0.342 e. The summed E-state index contributed by atoms with van der Waals surface area (Å²) in [6.07, 6.45) is 0. The first kappa shape index (κ1) is 16.1. The second kappa shape index (κ2) is 5.98. The number of H-pyrrole nitrogens is 1. The van der Waals surface area contributed by atoms with Crippen LogP contribution in [0.25, 0.3) is 11.4 Å². The standard InChI is InChI=1S/C15H19ClN2.ClH/c1-10-13(9-16)18-14(17-10)11-5-7-12(8-6-11)15(2,3)4;/h5-8H,9H2,1-4H3,(H,17,18);1H. The Kier molecular flexibility index (Phi) is 5.05. The molecule has 0 unspecified atom stereocenters. The first-order valence-electron chi connectivity index (χ1n) is 6.14. The normalized spacial score (nSPS) is 11.2. The molecular formula is C15H20Cl2N2. The molecule has 4 heteroatoms. The SMILES string of the molecule is Cc1[nH]c(-c2ccc(C(C)(C)C)cc2)nc1CCl.Cl. The molecule has 0 bridgehead atoms. The van der Waals surface area contributed by atoms with Crippen LogP contribution < -0.4 is 0 Å². The summed E-state index contributed by atoms with van der Waals surface area (Å²) in [5.74, 6) is 1.34. The van der Waals surface area contributed by atoms with Crippen molar-refractivity contribution in [3.05, 3.63) is 41.2 Å². The van der Waals surface area contributed by atoms with Gasteiger partial charge in [-0.25, -0.2) is 4.98 Å². The van der Waals surface area contributed by atoms with Crippen LogP contribution in [0.5, 0.6) is 0 Å². The third kappa shape index (κ3) is 3.52. The average Bonchev–Trinajstić information content (AvgIpc) is 2.69. The summed E-state index contributed by atoms with van der Waals surface area (Å²) in [6, 6.07) is 8.54. The Bertz CT molecular complexity index is 536. The molecule has 2 nitrogen and oxygen atoms in total. The molecule has 1 aromatic heterocycles. The van der Waals surface area contributed by atoms with Crippen molar-refractivity contribution in [2.24, 2.45) is 0 Å². The molecule has 0 spiro atoms. The topological polar surface area (TPSA) is 28.7 Å². The number of halogens is 2. The van der Waals surface area contributed by atoms with Gasteiger partial charge in [0.05, 0.1) is 11.6 Å². The fourth-order valence-corrected chi connectivity index (χ4v) is 2.15. The van der Waals surface area contributed by atoms with Crippen molar-refractivity contribution in [3.8, 4) is 11.4 Å². The molecule has 0 amide bonds. The molecule has 0 saturated heterocycles. The molecule has 0 radical (unpaired) electrons. The van der Waals surface area contributed by atoms with Crippen LogP contribution in [0.15, 0.2) is 24.3 Å². The molecular weight excluding hydrogens is 279 g/mol. The molecule has 2 rings (SSSR count). The van der Waals surface area contributed by atoms with Gasteiger partial charge < -0.3 is 4.98 Å². The summed E-state index contributed by atoms with van der Waals surface area (Å²) in [7, 11) is 0. The fraction of sp³-hybridized carbons (Fsp3) is 0.400. The highest BCUT2D eigenvalue weighted by Crippen LogP contribution is 2.25.